The van der Waals surface area contributed by atoms with Gasteiger partial charge < -0.3 is 5.32 Å². The van der Waals surface area contributed by atoms with Crippen LogP contribution < -0.4 is 5.32 Å². The first-order chi connectivity index (χ1) is 9.41. The number of halogens is 8. The van der Waals surface area contributed by atoms with E-state index in [1.807, 2.05) is 0 Å². The summed E-state index contributed by atoms with van der Waals surface area (Å²) in [5.41, 5.74) is -2.42. The first-order valence-corrected chi connectivity index (χ1v) is 7.14. The van der Waals surface area contributed by atoms with Crippen molar-refractivity contribution in [3.8, 4) is 0 Å². The molecule has 0 aliphatic rings. The van der Waals surface area contributed by atoms with Gasteiger partial charge in [-0.05, 0) is 25.1 Å². The molecule has 126 valence electrons. The molecule has 1 aromatic carbocycles. The summed E-state index contributed by atoms with van der Waals surface area (Å²) in [6, 6.07) is 0.0623. The second-order valence-electron chi connectivity index (χ2n) is 4.19. The smallest absolute Gasteiger partial charge is 0.318 e. The third-order valence-corrected chi connectivity index (χ3v) is 3.48. The lowest BCUT2D eigenvalue weighted by atomic mass is 10.1. The van der Waals surface area contributed by atoms with Gasteiger partial charge in [-0.15, -0.1) is 0 Å². The number of hydrogen-bond acceptors (Lipinski definition) is 2. The van der Waals surface area contributed by atoms with Gasteiger partial charge in [-0.2, -0.15) is 13.2 Å². The van der Waals surface area contributed by atoms with E-state index >= 15 is 0 Å². The Morgan fingerprint density at radius 1 is 1.05 bits per heavy atom. The number of alkyl halides is 3. The fourth-order valence-electron chi connectivity index (χ4n) is 1.42. The quantitative estimate of drug-likeness (QED) is 0.608. The van der Waals surface area contributed by atoms with Crippen LogP contribution in [0.3, 0.4) is 0 Å². The van der Waals surface area contributed by atoms with Crippen LogP contribution in [0.1, 0.15) is 17.3 Å². The molecular weight excluding hydrogens is 350 g/mol. The Kier molecular flexibility index (Phi) is 3.59. The minimum absolute atomic E-state index is 0.110. The molecule has 0 aliphatic carbocycles. The monoisotopic (exact) mass is 357 g/mol. The maximum atomic E-state index is 12.7. The van der Waals surface area contributed by atoms with Crippen LogP contribution in [0.4, 0.5) is 38.3 Å². The Bertz CT molecular complexity index is 649. The summed E-state index contributed by atoms with van der Waals surface area (Å²) in [4.78, 5) is 19.2. The fourth-order valence-corrected chi connectivity index (χ4v) is 2.36. The van der Waals surface area contributed by atoms with Crippen molar-refractivity contribution in [3.63, 3.8) is 0 Å². The van der Waals surface area contributed by atoms with Gasteiger partial charge in [-0.3, -0.25) is 9.59 Å². The van der Waals surface area contributed by atoms with Crippen LogP contribution in [-0.2, 0) is 4.79 Å². The summed E-state index contributed by atoms with van der Waals surface area (Å²) in [6.07, 6.45) is -5.34. The Hall–Kier alpha value is -1.85. The van der Waals surface area contributed by atoms with Crippen molar-refractivity contribution in [2.45, 2.75) is 18.0 Å². The molecule has 22 heavy (non-hydrogen) atoms. The molecule has 1 N–H and O–H groups in total. The summed E-state index contributed by atoms with van der Waals surface area (Å²) >= 11 is 0. The van der Waals surface area contributed by atoms with Gasteiger partial charge >= 0.3 is 22.3 Å². The van der Waals surface area contributed by atoms with Crippen LogP contribution in [0, 0.1) is 0 Å². The number of rotatable bonds is 3. The minimum atomic E-state index is -10.2. The average Bonchev–Trinajstić information content (AvgIpc) is 2.23. The number of ketones is 1. The van der Waals surface area contributed by atoms with Gasteiger partial charge in [-0.25, -0.2) is 0 Å². The summed E-state index contributed by atoms with van der Waals surface area (Å²) in [7, 11) is -10.2. The Morgan fingerprint density at radius 3 is 1.91 bits per heavy atom. The lowest BCUT2D eigenvalue weighted by Gasteiger charge is -2.41. The van der Waals surface area contributed by atoms with Gasteiger partial charge in [0.15, 0.2) is 5.78 Å². The SMILES string of the molecule is CC(=O)c1cc(NC(=O)C(F)(F)F)ccc1S(F)(F)(F)(F)F. The van der Waals surface area contributed by atoms with Crippen LogP contribution >= 0.6 is 10.2 Å². The van der Waals surface area contributed by atoms with Gasteiger partial charge in [0, 0.05) is 11.3 Å². The molecule has 0 atom stereocenters. The number of Topliss-reactive ketones (excluding diaryl/α,β-unsaturated/α-hetero) is 1. The number of anilines is 1. The van der Waals surface area contributed by atoms with Crippen molar-refractivity contribution in [1.29, 1.82) is 0 Å². The molecule has 0 spiro atoms. The summed E-state index contributed by atoms with van der Waals surface area (Å²) in [5.74, 6) is -3.98. The van der Waals surface area contributed by atoms with Crippen molar-refractivity contribution in [2.24, 2.45) is 0 Å². The number of benzene rings is 1. The summed E-state index contributed by atoms with van der Waals surface area (Å²) in [5, 5.41) is 1.17. The van der Waals surface area contributed by atoms with E-state index in [2.05, 4.69) is 0 Å². The van der Waals surface area contributed by atoms with Crippen molar-refractivity contribution < 1.29 is 42.2 Å². The highest BCUT2D eigenvalue weighted by atomic mass is 32.5. The Balaban J connectivity index is 3.41. The number of amides is 1. The van der Waals surface area contributed by atoms with E-state index < -0.39 is 44.2 Å². The summed E-state index contributed by atoms with van der Waals surface area (Å²) < 4.78 is 99.7. The highest BCUT2D eigenvalue weighted by molar-refractivity contribution is 8.45. The minimum Gasteiger partial charge on any atom is -0.318 e. The van der Waals surface area contributed by atoms with Crippen LogP contribution in [0.25, 0.3) is 0 Å². The second-order valence-corrected chi connectivity index (χ2v) is 6.57. The van der Waals surface area contributed by atoms with Gasteiger partial charge in [0.1, 0.15) is 4.90 Å². The molecule has 12 heteroatoms. The van der Waals surface area contributed by atoms with Crippen molar-refractivity contribution in [3.05, 3.63) is 23.8 Å². The third-order valence-electron chi connectivity index (χ3n) is 2.29. The Morgan fingerprint density at radius 2 is 1.55 bits per heavy atom. The van der Waals surface area contributed by atoms with E-state index in [0.717, 1.165) is 0 Å². The van der Waals surface area contributed by atoms with Gasteiger partial charge in [0.25, 0.3) is 0 Å². The molecule has 1 aromatic rings. The number of carbonyl (C=O) groups is 2. The fraction of sp³-hybridized carbons (Fsp3) is 0.200. The Labute approximate surface area is 118 Å². The van der Waals surface area contributed by atoms with E-state index in [-0.39, 0.29) is 18.2 Å². The van der Waals surface area contributed by atoms with Gasteiger partial charge in [-0.1, -0.05) is 19.4 Å². The molecule has 0 aromatic heterocycles. The number of nitrogens with one attached hydrogen (secondary N) is 1. The molecule has 3 nitrogen and oxygen atoms in total. The van der Waals surface area contributed by atoms with Crippen LogP contribution in [0.15, 0.2) is 23.1 Å². The molecule has 0 saturated carbocycles. The van der Waals surface area contributed by atoms with Crippen molar-refractivity contribution in [1.82, 2.24) is 0 Å². The van der Waals surface area contributed by atoms with Crippen LogP contribution in [0.5, 0.6) is 0 Å². The molecule has 0 radical (unpaired) electrons. The lowest BCUT2D eigenvalue weighted by Crippen LogP contribution is -2.30. The molecule has 1 rings (SSSR count). The van der Waals surface area contributed by atoms with Crippen LogP contribution in [-0.4, -0.2) is 17.9 Å². The maximum absolute atomic E-state index is 12.7. The zero-order valence-electron chi connectivity index (χ0n) is 10.5. The predicted octanol–water partition coefficient (Wildman–Crippen LogP) is 5.05. The van der Waals surface area contributed by atoms with Crippen molar-refractivity contribution >= 4 is 27.6 Å². The highest BCUT2D eigenvalue weighted by Crippen LogP contribution is 3.02. The first-order valence-electron chi connectivity index (χ1n) is 5.19. The highest BCUT2D eigenvalue weighted by Gasteiger charge is 2.66. The molecule has 1 amide bonds. The zero-order valence-corrected chi connectivity index (χ0v) is 11.3. The standard InChI is InChI=1S/C10H7F8NO2S/c1-5(20)7-4-6(19-9(21)10(11,12)13)2-3-8(7)22(14,15,16,17)18/h2-4H,1H3,(H,19,21). The number of hydrogen-bond donors (Lipinski definition) is 1. The third kappa shape index (κ3) is 4.32. The van der Waals surface area contributed by atoms with E-state index in [9.17, 15) is 42.2 Å². The molecule has 0 bridgehead atoms. The normalized spacial score (nSPS) is 15.7. The molecule has 0 fully saturated rings. The molecule has 0 aliphatic heterocycles. The van der Waals surface area contributed by atoms with E-state index in [4.69, 9.17) is 0 Å². The van der Waals surface area contributed by atoms with Crippen molar-refractivity contribution in [2.75, 3.05) is 5.32 Å². The molecule has 0 unspecified atom stereocenters. The first kappa shape index (κ1) is 18.2. The molecule has 0 heterocycles. The average molecular weight is 357 g/mol. The lowest BCUT2D eigenvalue weighted by molar-refractivity contribution is -0.167. The topological polar surface area (TPSA) is 46.2 Å². The van der Waals surface area contributed by atoms with Gasteiger partial charge in [0.05, 0.1) is 0 Å². The van der Waals surface area contributed by atoms with E-state index in [1.165, 1.54) is 5.32 Å². The molecular formula is C10H7F8NO2S. The zero-order chi connectivity index (χ0) is 17.6. The van der Waals surface area contributed by atoms with E-state index in [0.29, 0.717) is 6.92 Å². The number of carbonyl (C=O) groups excluding carboxylic acids is 2. The van der Waals surface area contributed by atoms with Crippen LogP contribution in [0.2, 0.25) is 0 Å². The maximum Gasteiger partial charge on any atom is 0.471 e. The van der Waals surface area contributed by atoms with Gasteiger partial charge in [0.2, 0.25) is 0 Å². The molecule has 0 saturated heterocycles. The predicted molar refractivity (Wildman–Crippen MR) is 62.5 cm³/mol. The second kappa shape index (κ2) is 4.33. The van der Waals surface area contributed by atoms with E-state index in [1.54, 1.807) is 0 Å². The largest absolute Gasteiger partial charge is 0.471 e. The summed E-state index contributed by atoms with van der Waals surface area (Å²) in [6.45, 7) is 0.525.